The van der Waals surface area contributed by atoms with Crippen molar-refractivity contribution in [2.75, 3.05) is 26.0 Å². The quantitative estimate of drug-likeness (QED) is 0.663. The van der Waals surface area contributed by atoms with Crippen LogP contribution in [0.1, 0.15) is 19.3 Å². The molecule has 7 heteroatoms. The number of nitro benzene ring substituents is 1. The molecule has 0 heterocycles. The Kier molecular flexibility index (Phi) is 4.42. The number of benzene rings is 1. The Bertz CT molecular complexity index is 507. The molecule has 20 heavy (non-hydrogen) atoms. The Labute approximate surface area is 128 Å². The largest absolute Gasteiger partial charge is 0.381 e. The Morgan fingerprint density at radius 2 is 1.90 bits per heavy atom. The average molecular weight is 318 g/mol. The molecule has 1 fully saturated rings. The van der Waals surface area contributed by atoms with Gasteiger partial charge in [0, 0.05) is 24.2 Å². The maximum Gasteiger partial charge on any atom is 0.272 e. The minimum atomic E-state index is -0.505. The van der Waals surface area contributed by atoms with Gasteiger partial charge in [0.25, 0.3) is 5.69 Å². The fourth-order valence-electron chi connectivity index (χ4n) is 2.45. The summed E-state index contributed by atoms with van der Waals surface area (Å²) < 4.78 is 0. The first-order valence-corrected chi connectivity index (χ1v) is 7.16. The summed E-state index contributed by atoms with van der Waals surface area (Å²) in [6.07, 6.45) is 3.45. The normalized spacial score (nSPS) is 16.9. The summed E-state index contributed by atoms with van der Waals surface area (Å²) in [4.78, 5) is 12.4. The van der Waals surface area contributed by atoms with Gasteiger partial charge in [0.05, 0.1) is 20.7 Å². The van der Waals surface area contributed by atoms with E-state index in [1.54, 1.807) is 0 Å². The van der Waals surface area contributed by atoms with Crippen molar-refractivity contribution in [1.82, 2.24) is 4.90 Å². The van der Waals surface area contributed by atoms with Gasteiger partial charge < -0.3 is 10.2 Å². The van der Waals surface area contributed by atoms with Gasteiger partial charge in [-0.05, 0) is 33.4 Å². The van der Waals surface area contributed by atoms with E-state index < -0.39 is 4.92 Å². The second-order valence-corrected chi connectivity index (χ2v) is 6.18. The molecule has 1 saturated carbocycles. The van der Waals surface area contributed by atoms with Gasteiger partial charge in [-0.3, -0.25) is 10.1 Å². The van der Waals surface area contributed by atoms with Gasteiger partial charge in [-0.1, -0.05) is 23.2 Å². The highest BCUT2D eigenvalue weighted by Gasteiger charge is 2.39. The van der Waals surface area contributed by atoms with Crippen LogP contribution in [-0.2, 0) is 0 Å². The van der Waals surface area contributed by atoms with Gasteiger partial charge in [-0.15, -0.1) is 0 Å². The van der Waals surface area contributed by atoms with Crippen molar-refractivity contribution in [2.24, 2.45) is 0 Å². The zero-order valence-corrected chi connectivity index (χ0v) is 13.0. The van der Waals surface area contributed by atoms with Crippen LogP contribution in [0.15, 0.2) is 12.1 Å². The van der Waals surface area contributed by atoms with E-state index in [-0.39, 0.29) is 21.3 Å². The van der Waals surface area contributed by atoms with E-state index in [0.29, 0.717) is 5.69 Å². The highest BCUT2D eigenvalue weighted by atomic mass is 35.5. The van der Waals surface area contributed by atoms with Crippen LogP contribution in [0.4, 0.5) is 11.4 Å². The number of hydrogen-bond donors (Lipinski definition) is 1. The zero-order chi connectivity index (χ0) is 14.9. The van der Waals surface area contributed by atoms with Crippen molar-refractivity contribution in [3.05, 3.63) is 32.3 Å². The standard InChI is InChI=1S/C13H17Cl2N3O2/c1-17(2)13(4-3-5-13)8-16-12-10(14)6-9(18(19)20)7-11(12)15/h6-7,16H,3-5,8H2,1-2H3. The van der Waals surface area contributed by atoms with Crippen molar-refractivity contribution in [2.45, 2.75) is 24.8 Å². The lowest BCUT2D eigenvalue weighted by molar-refractivity contribution is -0.384. The van der Waals surface area contributed by atoms with Gasteiger partial charge in [0.15, 0.2) is 0 Å². The molecule has 1 aliphatic rings. The molecule has 5 nitrogen and oxygen atoms in total. The molecule has 0 amide bonds. The highest BCUT2D eigenvalue weighted by molar-refractivity contribution is 6.39. The van der Waals surface area contributed by atoms with E-state index >= 15 is 0 Å². The van der Waals surface area contributed by atoms with Crippen LogP contribution in [0.2, 0.25) is 10.0 Å². The molecule has 0 bridgehead atoms. The van der Waals surface area contributed by atoms with Crippen LogP contribution in [0.3, 0.4) is 0 Å². The lowest BCUT2D eigenvalue weighted by Gasteiger charge is -2.47. The van der Waals surface area contributed by atoms with Crippen LogP contribution in [-0.4, -0.2) is 36.0 Å². The van der Waals surface area contributed by atoms with Gasteiger partial charge in [-0.25, -0.2) is 0 Å². The zero-order valence-electron chi connectivity index (χ0n) is 11.4. The third kappa shape index (κ3) is 2.85. The fraction of sp³-hybridized carbons (Fsp3) is 0.538. The van der Waals surface area contributed by atoms with Gasteiger partial charge in [0.1, 0.15) is 0 Å². The number of non-ortho nitro benzene ring substituents is 1. The number of anilines is 1. The van der Waals surface area contributed by atoms with Crippen LogP contribution in [0.5, 0.6) is 0 Å². The number of likely N-dealkylation sites (N-methyl/N-ethyl adjacent to an activating group) is 1. The minimum Gasteiger partial charge on any atom is -0.381 e. The molecule has 0 atom stereocenters. The van der Waals surface area contributed by atoms with Gasteiger partial charge in [0.2, 0.25) is 0 Å². The summed E-state index contributed by atoms with van der Waals surface area (Å²) >= 11 is 12.2. The Morgan fingerprint density at radius 1 is 1.35 bits per heavy atom. The molecule has 0 radical (unpaired) electrons. The molecule has 0 aromatic heterocycles. The lowest BCUT2D eigenvalue weighted by atomic mass is 9.75. The monoisotopic (exact) mass is 317 g/mol. The first-order chi connectivity index (χ1) is 9.35. The summed E-state index contributed by atoms with van der Waals surface area (Å²) in [6.45, 7) is 0.719. The summed E-state index contributed by atoms with van der Waals surface area (Å²) in [6, 6.07) is 2.64. The Hall–Kier alpha value is -1.04. The van der Waals surface area contributed by atoms with Crippen LogP contribution in [0, 0.1) is 10.1 Å². The number of hydrogen-bond acceptors (Lipinski definition) is 4. The highest BCUT2D eigenvalue weighted by Crippen LogP contribution is 2.39. The topological polar surface area (TPSA) is 58.4 Å². The fourth-order valence-corrected chi connectivity index (χ4v) is 3.06. The average Bonchev–Trinajstić information content (AvgIpc) is 2.29. The molecular weight excluding hydrogens is 301 g/mol. The first kappa shape index (κ1) is 15.4. The van der Waals surface area contributed by atoms with Crippen molar-refractivity contribution in [3.8, 4) is 0 Å². The summed E-state index contributed by atoms with van der Waals surface area (Å²) in [5.74, 6) is 0. The molecular formula is C13H17Cl2N3O2. The molecule has 1 aromatic rings. The van der Waals surface area contributed by atoms with E-state index in [0.717, 1.165) is 19.4 Å². The molecule has 0 unspecified atom stereocenters. The number of halogens is 2. The third-order valence-corrected chi connectivity index (χ3v) is 4.66. The first-order valence-electron chi connectivity index (χ1n) is 6.40. The van der Waals surface area contributed by atoms with Crippen LogP contribution >= 0.6 is 23.2 Å². The van der Waals surface area contributed by atoms with Crippen molar-refractivity contribution in [1.29, 1.82) is 0 Å². The van der Waals surface area contributed by atoms with E-state index in [1.807, 2.05) is 0 Å². The van der Waals surface area contributed by atoms with Crippen LogP contribution < -0.4 is 5.32 Å². The molecule has 1 aromatic carbocycles. The second kappa shape index (κ2) is 5.76. The Morgan fingerprint density at radius 3 is 2.25 bits per heavy atom. The van der Waals surface area contributed by atoms with E-state index in [9.17, 15) is 10.1 Å². The molecule has 110 valence electrons. The predicted octanol–water partition coefficient (Wildman–Crippen LogP) is 3.80. The smallest absolute Gasteiger partial charge is 0.272 e. The number of nitrogens with one attached hydrogen (secondary N) is 1. The summed E-state index contributed by atoms with van der Waals surface area (Å²) in [7, 11) is 4.11. The van der Waals surface area contributed by atoms with Crippen LogP contribution in [0.25, 0.3) is 0 Å². The van der Waals surface area contributed by atoms with E-state index in [2.05, 4.69) is 24.3 Å². The maximum atomic E-state index is 10.7. The molecule has 0 aliphatic heterocycles. The lowest BCUT2D eigenvalue weighted by Crippen LogP contribution is -2.54. The van der Waals surface area contributed by atoms with Gasteiger partial charge >= 0.3 is 0 Å². The van der Waals surface area contributed by atoms with E-state index in [1.165, 1.54) is 18.6 Å². The molecule has 2 rings (SSSR count). The number of nitrogens with zero attached hydrogens (tertiary/aromatic N) is 2. The molecule has 1 aliphatic carbocycles. The number of nitro groups is 1. The van der Waals surface area contributed by atoms with Gasteiger partial charge in [-0.2, -0.15) is 0 Å². The van der Waals surface area contributed by atoms with Crippen molar-refractivity contribution < 1.29 is 4.92 Å². The summed E-state index contributed by atoms with van der Waals surface area (Å²) in [5.41, 5.74) is 0.581. The number of rotatable bonds is 5. The van der Waals surface area contributed by atoms with Crippen molar-refractivity contribution in [3.63, 3.8) is 0 Å². The predicted molar refractivity (Wildman–Crippen MR) is 81.9 cm³/mol. The third-order valence-electron chi connectivity index (χ3n) is 4.06. The molecule has 1 N–H and O–H groups in total. The minimum absolute atomic E-state index is 0.100. The molecule has 0 spiro atoms. The summed E-state index contributed by atoms with van der Waals surface area (Å²) in [5, 5.41) is 14.5. The SMILES string of the molecule is CN(C)C1(CNc2c(Cl)cc([N+](=O)[O-])cc2Cl)CCC1. The van der Waals surface area contributed by atoms with Crippen molar-refractivity contribution >= 4 is 34.6 Å². The second-order valence-electron chi connectivity index (χ2n) is 5.37. The Balaban J connectivity index is 2.16. The molecule has 0 saturated heterocycles. The maximum absolute atomic E-state index is 10.7. The van der Waals surface area contributed by atoms with E-state index in [4.69, 9.17) is 23.2 Å².